The summed E-state index contributed by atoms with van der Waals surface area (Å²) in [5.74, 6) is -1.50. The number of carbonyl (C=O) groups excluding carboxylic acids is 3. The lowest BCUT2D eigenvalue weighted by molar-refractivity contribution is -0.194. The Morgan fingerprint density at radius 2 is 1.92 bits per heavy atom. The number of piperidine rings is 1. The lowest BCUT2D eigenvalue weighted by Gasteiger charge is -2.40. The van der Waals surface area contributed by atoms with Crippen LogP contribution in [0.1, 0.15) is 32.6 Å². The van der Waals surface area contributed by atoms with E-state index in [1.54, 1.807) is 0 Å². The summed E-state index contributed by atoms with van der Waals surface area (Å²) < 4.78 is 39.8. The van der Waals surface area contributed by atoms with Gasteiger partial charge in [0.2, 0.25) is 11.8 Å². The lowest BCUT2D eigenvalue weighted by Crippen LogP contribution is -2.59. The monoisotopic (exact) mass is 348 g/mol. The minimum atomic E-state index is -4.56. The number of amides is 3. The fourth-order valence-electron chi connectivity index (χ4n) is 2.93. The summed E-state index contributed by atoms with van der Waals surface area (Å²) in [6, 6.07) is -2.45. The van der Waals surface area contributed by atoms with E-state index in [1.807, 2.05) is 0 Å². The highest BCUT2D eigenvalue weighted by Crippen LogP contribution is 2.32. The van der Waals surface area contributed by atoms with Gasteiger partial charge in [-0.15, -0.1) is 0 Å². The summed E-state index contributed by atoms with van der Waals surface area (Å²) in [5.41, 5.74) is -0.0742. The third-order valence-corrected chi connectivity index (χ3v) is 4.08. The molecule has 0 spiro atoms. The molecule has 0 aromatic rings. The molecule has 134 valence electrons. The van der Waals surface area contributed by atoms with Gasteiger partial charge in [-0.2, -0.15) is 18.3 Å². The van der Waals surface area contributed by atoms with Gasteiger partial charge in [0.15, 0.2) is 0 Å². The van der Waals surface area contributed by atoms with E-state index in [9.17, 15) is 27.6 Å². The van der Waals surface area contributed by atoms with E-state index in [0.717, 1.165) is 5.01 Å². The highest BCUT2D eigenvalue weighted by atomic mass is 19.4. The van der Waals surface area contributed by atoms with Gasteiger partial charge >= 0.3 is 6.18 Å². The predicted octanol–water partition coefficient (Wildman–Crippen LogP) is 0.653. The molecular weight excluding hydrogens is 329 g/mol. The predicted molar refractivity (Wildman–Crippen MR) is 77.8 cm³/mol. The summed E-state index contributed by atoms with van der Waals surface area (Å²) >= 11 is 0. The maximum absolute atomic E-state index is 13.3. The standard InChI is InChI=1S/C14H19F3N4O3/c1-8(22)18-9-3-5-11(14(15,16)17)21(7-9)13(24)10-4-6-12(23)20(2)19-10/h9,11H,3-7H2,1-2H3,(H,18,22)/t9-,11-/m1/s1. The van der Waals surface area contributed by atoms with Crippen LogP contribution in [0.5, 0.6) is 0 Å². The second kappa shape index (κ2) is 6.78. The number of hydrogen-bond donors (Lipinski definition) is 1. The Balaban J connectivity index is 2.23. The molecule has 0 aromatic carbocycles. The van der Waals surface area contributed by atoms with Crippen LogP contribution in [-0.2, 0) is 14.4 Å². The Morgan fingerprint density at radius 3 is 2.46 bits per heavy atom. The molecule has 24 heavy (non-hydrogen) atoms. The van der Waals surface area contributed by atoms with Crippen molar-refractivity contribution in [2.24, 2.45) is 5.10 Å². The van der Waals surface area contributed by atoms with Gasteiger partial charge in [-0.1, -0.05) is 0 Å². The summed E-state index contributed by atoms with van der Waals surface area (Å²) in [6.07, 6.45) is -4.68. The van der Waals surface area contributed by atoms with E-state index in [2.05, 4.69) is 10.4 Å². The van der Waals surface area contributed by atoms with Crippen LogP contribution in [0, 0.1) is 0 Å². The molecule has 2 aliphatic heterocycles. The van der Waals surface area contributed by atoms with Crippen LogP contribution in [0.2, 0.25) is 0 Å². The number of hydrogen-bond acceptors (Lipinski definition) is 4. The van der Waals surface area contributed by atoms with Crippen LogP contribution in [0.15, 0.2) is 5.10 Å². The van der Waals surface area contributed by atoms with E-state index in [0.29, 0.717) is 4.90 Å². The smallest absolute Gasteiger partial charge is 0.352 e. The highest BCUT2D eigenvalue weighted by Gasteiger charge is 2.49. The summed E-state index contributed by atoms with van der Waals surface area (Å²) in [5, 5.41) is 7.31. The molecule has 3 amide bonds. The highest BCUT2D eigenvalue weighted by molar-refractivity contribution is 6.39. The van der Waals surface area contributed by atoms with Crippen molar-refractivity contribution in [3.63, 3.8) is 0 Å². The first-order valence-corrected chi connectivity index (χ1v) is 7.58. The number of likely N-dealkylation sites (tertiary alicyclic amines) is 1. The number of alkyl halides is 3. The molecule has 0 unspecified atom stereocenters. The average Bonchev–Trinajstić information content (AvgIpc) is 2.47. The quantitative estimate of drug-likeness (QED) is 0.796. The number of nitrogens with zero attached hydrogens (tertiary/aromatic N) is 3. The number of rotatable bonds is 2. The fraction of sp³-hybridized carbons (Fsp3) is 0.714. The number of halogens is 3. The molecular formula is C14H19F3N4O3. The van der Waals surface area contributed by atoms with Crippen molar-refractivity contribution in [1.29, 1.82) is 0 Å². The molecule has 0 bridgehead atoms. The Labute approximate surface area is 136 Å². The minimum absolute atomic E-state index is 0.00782. The van der Waals surface area contributed by atoms with Crippen LogP contribution >= 0.6 is 0 Å². The molecule has 1 N–H and O–H groups in total. The van der Waals surface area contributed by atoms with Gasteiger partial charge in [0.05, 0.1) is 0 Å². The molecule has 10 heteroatoms. The Hall–Kier alpha value is -2.13. The normalized spacial score (nSPS) is 25.4. The van der Waals surface area contributed by atoms with E-state index in [4.69, 9.17) is 0 Å². The topological polar surface area (TPSA) is 82.1 Å². The van der Waals surface area contributed by atoms with Gasteiger partial charge in [0.1, 0.15) is 11.8 Å². The molecule has 1 saturated heterocycles. The van der Waals surface area contributed by atoms with Crippen molar-refractivity contribution in [1.82, 2.24) is 15.2 Å². The molecule has 0 aliphatic carbocycles. The Kier molecular flexibility index (Phi) is 5.14. The Bertz CT molecular complexity index is 576. The van der Waals surface area contributed by atoms with Gasteiger partial charge in [0, 0.05) is 39.4 Å². The summed E-state index contributed by atoms with van der Waals surface area (Å²) in [6.45, 7) is 1.03. The molecule has 7 nitrogen and oxygen atoms in total. The maximum Gasteiger partial charge on any atom is 0.408 e. The van der Waals surface area contributed by atoms with Crippen molar-refractivity contribution in [3.05, 3.63) is 0 Å². The first-order valence-electron chi connectivity index (χ1n) is 7.58. The number of nitrogens with one attached hydrogen (secondary N) is 1. The van der Waals surface area contributed by atoms with Crippen LogP contribution in [-0.4, -0.2) is 65.2 Å². The molecule has 0 saturated carbocycles. The summed E-state index contributed by atoms with van der Waals surface area (Å²) in [4.78, 5) is 35.8. The first kappa shape index (κ1) is 18.2. The van der Waals surface area contributed by atoms with Crippen molar-refractivity contribution in [3.8, 4) is 0 Å². The van der Waals surface area contributed by atoms with Crippen molar-refractivity contribution in [2.75, 3.05) is 13.6 Å². The fourth-order valence-corrected chi connectivity index (χ4v) is 2.93. The number of hydrazone groups is 1. The SMILES string of the molecule is CC(=O)N[C@@H]1CC[C@H](C(F)(F)F)N(C(=O)C2=NN(C)C(=O)CC2)C1. The van der Waals surface area contributed by atoms with Gasteiger partial charge < -0.3 is 10.2 Å². The van der Waals surface area contributed by atoms with Gasteiger partial charge in [-0.05, 0) is 12.8 Å². The van der Waals surface area contributed by atoms with Crippen molar-refractivity contribution < 1.29 is 27.6 Å². The minimum Gasteiger partial charge on any atom is -0.352 e. The third kappa shape index (κ3) is 4.04. The van der Waals surface area contributed by atoms with E-state index >= 15 is 0 Å². The number of carbonyl (C=O) groups is 3. The molecule has 0 radical (unpaired) electrons. The lowest BCUT2D eigenvalue weighted by atomic mass is 9.96. The summed E-state index contributed by atoms with van der Waals surface area (Å²) in [7, 11) is 1.35. The van der Waals surface area contributed by atoms with Gasteiger partial charge in [-0.3, -0.25) is 14.4 Å². The second-order valence-electron chi connectivity index (χ2n) is 5.95. The molecule has 2 rings (SSSR count). The third-order valence-electron chi connectivity index (χ3n) is 4.08. The van der Waals surface area contributed by atoms with Crippen molar-refractivity contribution >= 4 is 23.4 Å². The molecule has 0 aromatic heterocycles. The zero-order valence-corrected chi connectivity index (χ0v) is 13.4. The van der Waals surface area contributed by atoms with Gasteiger partial charge in [-0.25, -0.2) is 5.01 Å². The van der Waals surface area contributed by atoms with Gasteiger partial charge in [0.25, 0.3) is 5.91 Å². The van der Waals surface area contributed by atoms with E-state index in [-0.39, 0.29) is 49.8 Å². The second-order valence-corrected chi connectivity index (χ2v) is 5.95. The maximum atomic E-state index is 13.3. The Morgan fingerprint density at radius 1 is 1.25 bits per heavy atom. The average molecular weight is 348 g/mol. The van der Waals surface area contributed by atoms with Crippen LogP contribution in [0.25, 0.3) is 0 Å². The largest absolute Gasteiger partial charge is 0.408 e. The van der Waals surface area contributed by atoms with E-state index in [1.165, 1.54) is 14.0 Å². The molecule has 2 atom stereocenters. The van der Waals surface area contributed by atoms with Crippen LogP contribution in [0.3, 0.4) is 0 Å². The zero-order valence-electron chi connectivity index (χ0n) is 13.4. The first-order chi connectivity index (χ1) is 11.1. The van der Waals surface area contributed by atoms with Crippen molar-refractivity contribution in [2.45, 2.75) is 50.9 Å². The van der Waals surface area contributed by atoms with E-state index < -0.39 is 24.2 Å². The van der Waals surface area contributed by atoms with Crippen LogP contribution in [0.4, 0.5) is 13.2 Å². The zero-order chi connectivity index (χ0) is 18.1. The van der Waals surface area contributed by atoms with Crippen LogP contribution < -0.4 is 5.32 Å². The molecule has 1 fully saturated rings. The molecule has 2 aliphatic rings. The molecule has 2 heterocycles.